The summed E-state index contributed by atoms with van der Waals surface area (Å²) in [6.07, 6.45) is 8.78. The van der Waals surface area contributed by atoms with Gasteiger partial charge < -0.3 is 4.90 Å². The van der Waals surface area contributed by atoms with Crippen LogP contribution in [0.4, 0.5) is 4.79 Å². The van der Waals surface area contributed by atoms with E-state index in [0.717, 1.165) is 32.2 Å². The molecule has 3 fully saturated rings. The van der Waals surface area contributed by atoms with Crippen LogP contribution in [0.5, 0.6) is 0 Å². The minimum absolute atomic E-state index is 0.0394. The van der Waals surface area contributed by atoms with Gasteiger partial charge in [0.05, 0.1) is 0 Å². The molecule has 19 heavy (non-hydrogen) atoms. The normalized spacial score (nSPS) is 36.3. The number of hydrogen-bond donors (Lipinski definition) is 1. The lowest BCUT2D eigenvalue weighted by atomic mass is 9.76. The smallest absolute Gasteiger partial charge is 0.309 e. The lowest BCUT2D eigenvalue weighted by Crippen LogP contribution is -2.53. The highest BCUT2D eigenvalue weighted by molar-refractivity contribution is 6.07. The Morgan fingerprint density at radius 1 is 1.16 bits per heavy atom. The van der Waals surface area contributed by atoms with Crippen LogP contribution in [-0.4, -0.2) is 28.9 Å². The summed E-state index contributed by atoms with van der Waals surface area (Å²) in [6, 6.07) is -0.147. The van der Waals surface area contributed by atoms with E-state index in [4.69, 9.17) is 0 Å². The highest BCUT2D eigenvalue weighted by Crippen LogP contribution is 2.40. The van der Waals surface area contributed by atoms with Gasteiger partial charge in [-0.25, -0.2) is 4.79 Å². The summed E-state index contributed by atoms with van der Waals surface area (Å²) in [5, 5.41) is 2.56. The molecule has 1 spiro atoms. The van der Waals surface area contributed by atoms with Crippen LogP contribution in [0.15, 0.2) is 0 Å². The van der Waals surface area contributed by atoms with Crippen molar-refractivity contribution in [1.82, 2.24) is 10.2 Å². The lowest BCUT2D eigenvalue weighted by Gasteiger charge is -2.41. The first-order valence-electron chi connectivity index (χ1n) is 7.75. The van der Waals surface area contributed by atoms with E-state index in [1.54, 1.807) is 0 Å². The number of hydrogen-bond acceptors (Lipinski definition) is 2. The van der Waals surface area contributed by atoms with Gasteiger partial charge in [-0.05, 0) is 50.4 Å². The van der Waals surface area contributed by atoms with Gasteiger partial charge in [-0.3, -0.25) is 10.1 Å². The van der Waals surface area contributed by atoms with Crippen molar-refractivity contribution < 1.29 is 9.59 Å². The van der Waals surface area contributed by atoms with Crippen LogP contribution in [0.25, 0.3) is 0 Å². The zero-order chi connectivity index (χ0) is 13.5. The molecule has 3 rings (SSSR count). The topological polar surface area (TPSA) is 49.4 Å². The van der Waals surface area contributed by atoms with Gasteiger partial charge in [0.1, 0.15) is 5.54 Å². The predicted octanol–water partition coefficient (Wildman–Crippen LogP) is 2.68. The third-order valence-corrected chi connectivity index (χ3v) is 5.42. The molecule has 2 aliphatic carbocycles. The van der Waals surface area contributed by atoms with Crippen molar-refractivity contribution in [2.24, 2.45) is 11.8 Å². The molecule has 2 saturated carbocycles. The summed E-state index contributed by atoms with van der Waals surface area (Å²) < 4.78 is 0. The maximum absolute atomic E-state index is 12.3. The van der Waals surface area contributed by atoms with Crippen molar-refractivity contribution in [3.8, 4) is 0 Å². The zero-order valence-electron chi connectivity index (χ0n) is 11.8. The van der Waals surface area contributed by atoms with Crippen molar-refractivity contribution in [3.05, 3.63) is 0 Å². The van der Waals surface area contributed by atoms with Gasteiger partial charge in [-0.1, -0.05) is 19.8 Å². The molecule has 1 saturated heterocycles. The fourth-order valence-electron chi connectivity index (χ4n) is 4.04. The van der Waals surface area contributed by atoms with E-state index in [1.807, 2.05) is 4.90 Å². The van der Waals surface area contributed by atoms with Crippen LogP contribution in [0.2, 0.25) is 0 Å². The highest BCUT2D eigenvalue weighted by Gasteiger charge is 2.53. The Morgan fingerprint density at radius 3 is 2.42 bits per heavy atom. The second kappa shape index (κ2) is 4.80. The van der Waals surface area contributed by atoms with Gasteiger partial charge >= 0.3 is 6.03 Å². The molecule has 3 amide bonds. The molecule has 0 aromatic rings. The summed E-state index contributed by atoms with van der Waals surface area (Å²) in [6.45, 7) is 3.02. The molecule has 1 aliphatic heterocycles. The lowest BCUT2D eigenvalue weighted by molar-refractivity contribution is -0.128. The summed E-state index contributed by atoms with van der Waals surface area (Å²) in [7, 11) is 0. The minimum atomic E-state index is -0.508. The quantitative estimate of drug-likeness (QED) is 0.780. The van der Waals surface area contributed by atoms with Gasteiger partial charge in [0, 0.05) is 6.54 Å². The molecule has 0 aromatic carbocycles. The Bertz CT molecular complexity index is 380. The minimum Gasteiger partial charge on any atom is -0.309 e. The molecule has 1 heterocycles. The van der Waals surface area contributed by atoms with E-state index in [2.05, 4.69) is 12.2 Å². The molecule has 1 N–H and O–H groups in total. The first-order valence-corrected chi connectivity index (χ1v) is 7.75. The number of carbonyl (C=O) groups is 2. The molecule has 0 aromatic heterocycles. The van der Waals surface area contributed by atoms with E-state index in [1.165, 1.54) is 25.7 Å². The first-order chi connectivity index (χ1) is 9.12. The van der Waals surface area contributed by atoms with Crippen LogP contribution < -0.4 is 5.32 Å². The molecule has 0 bridgehead atoms. The SMILES string of the molecule is CC1CCC2(CC1)C(=O)NC(=O)N2CC1CCCC1. The number of nitrogens with zero attached hydrogens (tertiary/aromatic N) is 1. The van der Waals surface area contributed by atoms with Crippen molar-refractivity contribution in [3.63, 3.8) is 0 Å². The number of rotatable bonds is 2. The Kier molecular flexibility index (Phi) is 3.27. The highest BCUT2D eigenvalue weighted by atomic mass is 16.2. The largest absolute Gasteiger partial charge is 0.325 e. The van der Waals surface area contributed by atoms with Gasteiger partial charge in [0.2, 0.25) is 0 Å². The van der Waals surface area contributed by atoms with Crippen LogP contribution >= 0.6 is 0 Å². The van der Waals surface area contributed by atoms with Crippen molar-refractivity contribution >= 4 is 11.9 Å². The van der Waals surface area contributed by atoms with Crippen molar-refractivity contribution in [2.45, 2.75) is 63.8 Å². The predicted molar refractivity (Wildman–Crippen MR) is 72.6 cm³/mol. The maximum Gasteiger partial charge on any atom is 0.325 e. The van der Waals surface area contributed by atoms with E-state index >= 15 is 0 Å². The van der Waals surface area contributed by atoms with E-state index in [0.29, 0.717) is 11.8 Å². The summed E-state index contributed by atoms with van der Waals surface area (Å²) in [5.41, 5.74) is -0.508. The second-order valence-electron chi connectivity index (χ2n) is 6.73. The first kappa shape index (κ1) is 12.9. The van der Waals surface area contributed by atoms with Crippen LogP contribution in [0, 0.1) is 11.8 Å². The molecule has 4 heteroatoms. The van der Waals surface area contributed by atoms with E-state index < -0.39 is 5.54 Å². The maximum atomic E-state index is 12.3. The summed E-state index contributed by atoms with van der Waals surface area (Å²) >= 11 is 0. The van der Waals surface area contributed by atoms with Gasteiger partial charge in [-0.2, -0.15) is 0 Å². The zero-order valence-corrected chi connectivity index (χ0v) is 11.8. The third-order valence-electron chi connectivity index (χ3n) is 5.42. The Balaban J connectivity index is 1.78. The van der Waals surface area contributed by atoms with Crippen LogP contribution in [0.1, 0.15) is 58.3 Å². The Labute approximate surface area is 114 Å². The monoisotopic (exact) mass is 264 g/mol. The van der Waals surface area contributed by atoms with Crippen molar-refractivity contribution in [1.29, 1.82) is 0 Å². The second-order valence-corrected chi connectivity index (χ2v) is 6.73. The standard InChI is InChI=1S/C15H24N2O2/c1-11-6-8-15(9-7-11)13(18)16-14(19)17(15)10-12-4-2-3-5-12/h11-12H,2-10H2,1H3,(H,16,18,19). The van der Waals surface area contributed by atoms with Gasteiger partial charge in [0.25, 0.3) is 5.91 Å². The van der Waals surface area contributed by atoms with E-state index in [9.17, 15) is 9.59 Å². The molecule has 0 unspecified atom stereocenters. The number of amides is 3. The van der Waals surface area contributed by atoms with Crippen LogP contribution in [-0.2, 0) is 4.79 Å². The van der Waals surface area contributed by atoms with Crippen molar-refractivity contribution in [2.75, 3.05) is 6.54 Å². The molecule has 3 aliphatic rings. The Morgan fingerprint density at radius 2 is 1.79 bits per heavy atom. The molecule has 0 atom stereocenters. The molecular formula is C15H24N2O2. The fraction of sp³-hybridized carbons (Fsp3) is 0.867. The molecular weight excluding hydrogens is 240 g/mol. The number of carbonyl (C=O) groups excluding carboxylic acids is 2. The summed E-state index contributed by atoms with van der Waals surface area (Å²) in [4.78, 5) is 26.3. The summed E-state index contributed by atoms with van der Waals surface area (Å²) in [5.74, 6) is 1.25. The number of urea groups is 1. The average molecular weight is 264 g/mol. The molecule has 106 valence electrons. The van der Waals surface area contributed by atoms with Gasteiger partial charge in [0.15, 0.2) is 0 Å². The van der Waals surface area contributed by atoms with Crippen LogP contribution in [0.3, 0.4) is 0 Å². The molecule has 4 nitrogen and oxygen atoms in total. The Hall–Kier alpha value is -1.06. The molecule has 0 radical (unpaired) electrons. The number of nitrogens with one attached hydrogen (secondary N) is 1. The third kappa shape index (κ3) is 2.15. The number of imide groups is 1. The average Bonchev–Trinajstić information content (AvgIpc) is 2.96. The van der Waals surface area contributed by atoms with E-state index in [-0.39, 0.29) is 11.9 Å². The van der Waals surface area contributed by atoms with Gasteiger partial charge in [-0.15, -0.1) is 0 Å². The fourth-order valence-corrected chi connectivity index (χ4v) is 4.04.